The van der Waals surface area contributed by atoms with Crippen molar-refractivity contribution in [3.8, 4) is 0 Å². The van der Waals surface area contributed by atoms with E-state index < -0.39 is 0 Å². The summed E-state index contributed by atoms with van der Waals surface area (Å²) < 4.78 is 12.2. The van der Waals surface area contributed by atoms with Crippen molar-refractivity contribution in [2.45, 2.75) is 111 Å². The van der Waals surface area contributed by atoms with Gasteiger partial charge < -0.3 is 8.92 Å². The zero-order valence-electron chi connectivity index (χ0n) is 15.8. The van der Waals surface area contributed by atoms with Crippen LogP contribution in [0.25, 0.3) is 0 Å². The Morgan fingerprint density at radius 3 is 1.48 bits per heavy atom. The van der Waals surface area contributed by atoms with Crippen LogP contribution < -0.4 is 0 Å². The highest BCUT2D eigenvalue weighted by Gasteiger charge is 2.47. The molecule has 0 aliphatic rings. The van der Waals surface area contributed by atoms with E-state index in [4.69, 9.17) is 8.92 Å². The molecule has 0 aromatic heterocycles. The van der Waals surface area contributed by atoms with Crippen LogP contribution in [0.1, 0.15) is 94.4 Å². The van der Waals surface area contributed by atoms with Gasteiger partial charge >= 0.3 is 0 Å². The van der Waals surface area contributed by atoms with Gasteiger partial charge in [0, 0.05) is 0 Å². The Hall–Kier alpha value is 0.270. The summed E-state index contributed by atoms with van der Waals surface area (Å²) in [6, 6.07) is 0. The number of hydrogen-bond donors (Lipinski definition) is 1. The van der Waals surface area contributed by atoms with Crippen molar-refractivity contribution in [3.05, 3.63) is 0 Å². The minimum Gasteiger partial charge on any atom is -0.369 e. The molecule has 0 radical (unpaired) electrons. The highest BCUT2D eigenvalue weighted by Crippen LogP contribution is 2.47. The third-order valence-electron chi connectivity index (χ3n) is 5.44. The van der Waals surface area contributed by atoms with Crippen LogP contribution in [-0.4, -0.2) is 16.8 Å². The maximum Gasteiger partial charge on any atom is 0.0872 e. The Kier molecular flexibility index (Phi) is 7.80. The van der Waals surface area contributed by atoms with Crippen molar-refractivity contribution in [1.82, 2.24) is 0 Å². The quantitative estimate of drug-likeness (QED) is 0.382. The second kappa shape index (κ2) is 7.70. The van der Waals surface area contributed by atoms with Crippen LogP contribution in [0.2, 0.25) is 0 Å². The lowest BCUT2D eigenvalue weighted by Crippen LogP contribution is -2.50. The predicted molar refractivity (Wildman–Crippen MR) is 95.9 cm³/mol. The van der Waals surface area contributed by atoms with Gasteiger partial charge in [0.25, 0.3) is 0 Å². The van der Waals surface area contributed by atoms with Crippen molar-refractivity contribution in [1.29, 1.82) is 0 Å². The normalized spacial score (nSPS) is 14.6. The summed E-state index contributed by atoms with van der Waals surface area (Å²) in [6.07, 6.45) is 4.91. The molecule has 0 unspecified atom stereocenters. The molecular weight excluding hydrogens is 280 g/mol. The number of rotatable bonds is 10. The molecule has 3 heteroatoms. The Bertz CT molecular complexity index is 294. The van der Waals surface area contributed by atoms with Crippen LogP contribution in [0.5, 0.6) is 0 Å². The summed E-state index contributed by atoms with van der Waals surface area (Å²) in [7, 11) is 0. The Labute approximate surface area is 139 Å². The summed E-state index contributed by atoms with van der Waals surface area (Å²) in [5, 5.41) is 0. The van der Waals surface area contributed by atoms with E-state index in [2.05, 4.69) is 75.2 Å². The van der Waals surface area contributed by atoms with E-state index in [9.17, 15) is 0 Å². The van der Waals surface area contributed by atoms with Crippen molar-refractivity contribution in [3.63, 3.8) is 0 Å². The third-order valence-corrected chi connectivity index (χ3v) is 5.79. The van der Waals surface area contributed by atoms with Crippen LogP contribution in [-0.2, 0) is 8.92 Å². The molecular formula is C18H38O2S. The van der Waals surface area contributed by atoms with E-state index in [-0.39, 0.29) is 22.2 Å². The number of thiol groups is 1. The van der Waals surface area contributed by atoms with Crippen LogP contribution in [0, 0.1) is 5.41 Å². The van der Waals surface area contributed by atoms with E-state index in [1.807, 2.05) is 0 Å². The SMILES string of the molecule is CCC(C)(CC)OC(C)(C)CC(C)(C)C(CC)(CC)OS. The molecule has 0 amide bonds. The predicted octanol–water partition coefficient (Wildman–Crippen LogP) is 6.20. The van der Waals surface area contributed by atoms with Gasteiger partial charge in [-0.2, -0.15) is 0 Å². The van der Waals surface area contributed by atoms with Crippen molar-refractivity contribution in [2.24, 2.45) is 5.41 Å². The van der Waals surface area contributed by atoms with E-state index in [1.54, 1.807) is 0 Å². The summed E-state index contributed by atoms with van der Waals surface area (Å²) >= 11 is 4.19. The smallest absolute Gasteiger partial charge is 0.0872 e. The molecule has 128 valence electrons. The van der Waals surface area contributed by atoms with E-state index >= 15 is 0 Å². The molecule has 0 spiro atoms. The number of ether oxygens (including phenoxy) is 1. The molecule has 0 bridgehead atoms. The minimum absolute atomic E-state index is 0.00978. The van der Waals surface area contributed by atoms with Gasteiger partial charge in [0.15, 0.2) is 0 Å². The zero-order valence-corrected chi connectivity index (χ0v) is 16.7. The maximum absolute atomic E-state index is 6.51. The average Bonchev–Trinajstić information content (AvgIpc) is 2.39. The van der Waals surface area contributed by atoms with E-state index in [1.165, 1.54) is 0 Å². The molecule has 0 aliphatic heterocycles. The van der Waals surface area contributed by atoms with Gasteiger partial charge in [-0.15, -0.1) is 0 Å². The topological polar surface area (TPSA) is 18.5 Å². The second-order valence-corrected chi connectivity index (χ2v) is 8.05. The summed E-state index contributed by atoms with van der Waals surface area (Å²) in [6.45, 7) is 19.9. The van der Waals surface area contributed by atoms with E-state index in [0.29, 0.717) is 0 Å². The molecule has 0 N–H and O–H groups in total. The molecule has 0 fully saturated rings. The van der Waals surface area contributed by atoms with Gasteiger partial charge in [-0.1, -0.05) is 41.5 Å². The molecule has 0 saturated carbocycles. The van der Waals surface area contributed by atoms with Gasteiger partial charge in [-0.25, -0.2) is 0 Å². The summed E-state index contributed by atoms with van der Waals surface area (Å²) in [4.78, 5) is 0. The highest BCUT2D eigenvalue weighted by molar-refractivity contribution is 7.75. The first-order chi connectivity index (χ1) is 9.47. The Morgan fingerprint density at radius 1 is 0.762 bits per heavy atom. The standard InChI is InChI=1S/C18H38O2S/c1-10-17(9,11-2)19-16(7,8)14-15(5,6)18(12-3,13-4)20-21/h21H,10-14H2,1-9H3. The fourth-order valence-corrected chi connectivity index (χ4v) is 4.29. The first kappa shape index (κ1) is 21.3. The van der Waals surface area contributed by atoms with Gasteiger partial charge in [-0.3, -0.25) is 0 Å². The lowest BCUT2D eigenvalue weighted by Gasteiger charge is -2.49. The Morgan fingerprint density at radius 2 is 1.19 bits per heavy atom. The maximum atomic E-state index is 6.51. The van der Waals surface area contributed by atoms with Crippen LogP contribution in [0.3, 0.4) is 0 Å². The molecule has 0 aromatic rings. The van der Waals surface area contributed by atoms with Crippen LogP contribution >= 0.6 is 12.9 Å². The minimum atomic E-state index is -0.217. The molecule has 0 aromatic carbocycles. The zero-order chi connectivity index (χ0) is 16.9. The van der Waals surface area contributed by atoms with Crippen molar-refractivity contribution < 1.29 is 8.92 Å². The fourth-order valence-electron chi connectivity index (χ4n) is 3.78. The first-order valence-corrected chi connectivity index (χ1v) is 8.86. The Balaban J connectivity index is 5.22. The largest absolute Gasteiger partial charge is 0.369 e. The fraction of sp³-hybridized carbons (Fsp3) is 1.00. The molecule has 0 atom stereocenters. The van der Waals surface area contributed by atoms with Gasteiger partial charge in [-0.05, 0) is 71.2 Å². The lowest BCUT2D eigenvalue weighted by atomic mass is 9.66. The molecule has 0 saturated heterocycles. The van der Waals surface area contributed by atoms with Crippen molar-refractivity contribution in [2.75, 3.05) is 0 Å². The third kappa shape index (κ3) is 5.14. The van der Waals surface area contributed by atoms with Crippen LogP contribution in [0.15, 0.2) is 0 Å². The van der Waals surface area contributed by atoms with Gasteiger partial charge in [0.1, 0.15) is 0 Å². The monoisotopic (exact) mass is 318 g/mol. The molecule has 0 heterocycles. The summed E-state index contributed by atoms with van der Waals surface area (Å²) in [5.41, 5.74) is -0.468. The second-order valence-electron chi connectivity index (χ2n) is 7.87. The van der Waals surface area contributed by atoms with Crippen LogP contribution in [0.4, 0.5) is 0 Å². The molecule has 21 heavy (non-hydrogen) atoms. The number of hydrogen-bond acceptors (Lipinski definition) is 3. The van der Waals surface area contributed by atoms with Crippen molar-refractivity contribution >= 4 is 12.9 Å². The lowest BCUT2D eigenvalue weighted by molar-refractivity contribution is -0.167. The average molecular weight is 319 g/mol. The molecule has 0 aliphatic carbocycles. The van der Waals surface area contributed by atoms with Gasteiger partial charge in [0.05, 0.1) is 16.8 Å². The van der Waals surface area contributed by atoms with E-state index in [0.717, 1.165) is 32.1 Å². The molecule has 2 nitrogen and oxygen atoms in total. The summed E-state index contributed by atoms with van der Waals surface area (Å²) in [5.74, 6) is 0. The van der Waals surface area contributed by atoms with Gasteiger partial charge in [0.2, 0.25) is 0 Å². The first-order valence-electron chi connectivity index (χ1n) is 8.49. The molecule has 0 rings (SSSR count). The highest BCUT2D eigenvalue weighted by atomic mass is 32.1.